The zero-order valence-electron chi connectivity index (χ0n) is 11.2. The minimum absolute atomic E-state index is 0.0210. The normalized spacial score (nSPS) is 16.3. The maximum absolute atomic E-state index is 12.1. The second-order valence-electron chi connectivity index (χ2n) is 4.79. The predicted octanol–water partition coefficient (Wildman–Crippen LogP) is 0.587. The number of piperidine rings is 1. The van der Waals surface area contributed by atoms with Crippen LogP contribution >= 0.6 is 0 Å². The first kappa shape index (κ1) is 14.8. The lowest BCUT2D eigenvalue weighted by atomic mass is 10.1. The van der Waals surface area contributed by atoms with Crippen LogP contribution in [0.3, 0.4) is 0 Å². The Kier molecular flexibility index (Phi) is 5.91. The molecule has 0 atom stereocenters. The molecule has 0 unspecified atom stereocenters. The quantitative estimate of drug-likeness (QED) is 0.756. The van der Waals surface area contributed by atoms with Crippen LogP contribution in [0.4, 0.5) is 4.79 Å². The Balaban J connectivity index is 2.34. The Morgan fingerprint density at radius 3 is 2.44 bits per heavy atom. The van der Waals surface area contributed by atoms with Crippen LogP contribution in [0.25, 0.3) is 0 Å². The van der Waals surface area contributed by atoms with Crippen molar-refractivity contribution in [1.29, 1.82) is 0 Å². The fraction of sp³-hybridized carbons (Fsp3) is 0.833. The number of aliphatic carboxylic acids is 1. The molecule has 2 amide bonds. The van der Waals surface area contributed by atoms with Gasteiger partial charge in [0.05, 0.1) is 0 Å². The predicted molar refractivity (Wildman–Crippen MR) is 68.6 cm³/mol. The largest absolute Gasteiger partial charge is 0.481 e. The van der Waals surface area contributed by atoms with Crippen molar-refractivity contribution in [3.63, 3.8) is 0 Å². The van der Waals surface area contributed by atoms with Crippen molar-refractivity contribution in [1.82, 2.24) is 15.1 Å². The van der Waals surface area contributed by atoms with Crippen LogP contribution in [0.5, 0.6) is 0 Å². The van der Waals surface area contributed by atoms with Crippen molar-refractivity contribution >= 4 is 12.0 Å². The molecule has 0 aromatic heterocycles. The van der Waals surface area contributed by atoms with E-state index in [4.69, 9.17) is 5.11 Å². The van der Waals surface area contributed by atoms with Crippen molar-refractivity contribution in [3.8, 4) is 0 Å². The van der Waals surface area contributed by atoms with Crippen LogP contribution < -0.4 is 5.32 Å². The van der Waals surface area contributed by atoms with E-state index in [9.17, 15) is 9.59 Å². The molecule has 0 aromatic carbocycles. The van der Waals surface area contributed by atoms with E-state index < -0.39 is 5.97 Å². The molecule has 6 nitrogen and oxygen atoms in total. The lowest BCUT2D eigenvalue weighted by molar-refractivity contribution is -0.137. The average molecular weight is 257 g/mol. The molecule has 1 rings (SSSR count). The summed E-state index contributed by atoms with van der Waals surface area (Å²) >= 11 is 0. The maximum atomic E-state index is 12.1. The van der Waals surface area contributed by atoms with E-state index in [0.29, 0.717) is 19.0 Å². The first-order valence-corrected chi connectivity index (χ1v) is 6.43. The molecule has 1 saturated heterocycles. The smallest absolute Gasteiger partial charge is 0.319 e. The monoisotopic (exact) mass is 257 g/mol. The molecule has 0 saturated carbocycles. The number of hydrogen-bond acceptors (Lipinski definition) is 3. The SMILES string of the molecule is CN(CCCC(=O)O)C(=O)N(C)C1CCNCC1. The van der Waals surface area contributed by atoms with Gasteiger partial charge in [-0.25, -0.2) is 4.79 Å². The molecule has 0 spiro atoms. The highest BCUT2D eigenvalue weighted by atomic mass is 16.4. The van der Waals surface area contributed by atoms with Gasteiger partial charge < -0.3 is 20.2 Å². The Hall–Kier alpha value is -1.30. The van der Waals surface area contributed by atoms with Gasteiger partial charge in [-0.05, 0) is 32.4 Å². The molecular formula is C12H23N3O3. The van der Waals surface area contributed by atoms with Gasteiger partial charge in [-0.3, -0.25) is 4.79 Å². The van der Waals surface area contributed by atoms with Crippen molar-refractivity contribution in [2.75, 3.05) is 33.7 Å². The summed E-state index contributed by atoms with van der Waals surface area (Å²) in [6.07, 6.45) is 2.56. The summed E-state index contributed by atoms with van der Waals surface area (Å²) in [5.74, 6) is -0.817. The van der Waals surface area contributed by atoms with Crippen LogP contribution in [0.15, 0.2) is 0 Å². The van der Waals surface area contributed by atoms with Crippen LogP contribution in [0.1, 0.15) is 25.7 Å². The number of carbonyl (C=O) groups is 2. The minimum Gasteiger partial charge on any atom is -0.481 e. The second-order valence-corrected chi connectivity index (χ2v) is 4.79. The van der Waals surface area contributed by atoms with E-state index in [2.05, 4.69) is 5.32 Å². The summed E-state index contributed by atoms with van der Waals surface area (Å²) in [6, 6.07) is 0.271. The summed E-state index contributed by atoms with van der Waals surface area (Å²) in [6.45, 7) is 2.39. The van der Waals surface area contributed by atoms with Gasteiger partial charge in [0.15, 0.2) is 0 Å². The maximum Gasteiger partial charge on any atom is 0.319 e. The first-order valence-electron chi connectivity index (χ1n) is 6.43. The Labute approximate surface area is 108 Å². The molecule has 1 fully saturated rings. The number of carboxylic acids is 1. The van der Waals surface area contributed by atoms with Crippen LogP contribution in [-0.4, -0.2) is 66.7 Å². The second kappa shape index (κ2) is 7.20. The van der Waals surface area contributed by atoms with Gasteiger partial charge in [0, 0.05) is 33.1 Å². The molecule has 0 bridgehead atoms. The van der Waals surface area contributed by atoms with Gasteiger partial charge in [0.25, 0.3) is 0 Å². The summed E-state index contributed by atoms with van der Waals surface area (Å²) in [4.78, 5) is 25.9. The van der Waals surface area contributed by atoms with E-state index in [0.717, 1.165) is 25.9 Å². The number of nitrogens with one attached hydrogen (secondary N) is 1. The Morgan fingerprint density at radius 1 is 1.28 bits per heavy atom. The number of rotatable bonds is 5. The molecule has 1 heterocycles. The lowest BCUT2D eigenvalue weighted by Gasteiger charge is -2.34. The third-order valence-corrected chi connectivity index (χ3v) is 3.37. The van der Waals surface area contributed by atoms with Gasteiger partial charge in [0.1, 0.15) is 0 Å². The zero-order chi connectivity index (χ0) is 13.5. The van der Waals surface area contributed by atoms with Crippen LogP contribution in [-0.2, 0) is 4.79 Å². The lowest BCUT2D eigenvalue weighted by Crippen LogP contribution is -2.48. The molecule has 2 N–H and O–H groups in total. The molecule has 18 heavy (non-hydrogen) atoms. The minimum atomic E-state index is -0.817. The van der Waals surface area contributed by atoms with Gasteiger partial charge in [-0.15, -0.1) is 0 Å². The van der Waals surface area contributed by atoms with E-state index >= 15 is 0 Å². The Bertz CT molecular complexity index is 290. The van der Waals surface area contributed by atoms with E-state index in [1.807, 2.05) is 7.05 Å². The van der Waals surface area contributed by atoms with Gasteiger partial charge in [0.2, 0.25) is 0 Å². The molecule has 1 aliphatic heterocycles. The first-order chi connectivity index (χ1) is 8.52. The molecule has 0 aliphatic carbocycles. The van der Waals surface area contributed by atoms with Crippen LogP contribution in [0.2, 0.25) is 0 Å². The number of hydrogen-bond donors (Lipinski definition) is 2. The molecule has 104 valence electrons. The van der Waals surface area contributed by atoms with Gasteiger partial charge >= 0.3 is 12.0 Å². The van der Waals surface area contributed by atoms with Crippen molar-refractivity contribution < 1.29 is 14.7 Å². The highest BCUT2D eigenvalue weighted by molar-refractivity contribution is 5.74. The third kappa shape index (κ3) is 4.52. The fourth-order valence-corrected chi connectivity index (χ4v) is 2.18. The molecule has 0 aromatic rings. The van der Waals surface area contributed by atoms with Crippen molar-refractivity contribution in [2.45, 2.75) is 31.7 Å². The average Bonchev–Trinajstić information content (AvgIpc) is 2.37. The fourth-order valence-electron chi connectivity index (χ4n) is 2.18. The highest BCUT2D eigenvalue weighted by Crippen LogP contribution is 2.11. The van der Waals surface area contributed by atoms with Crippen LogP contribution in [0, 0.1) is 0 Å². The number of urea groups is 1. The number of amides is 2. The summed E-state index contributed by atoms with van der Waals surface area (Å²) in [5, 5.41) is 11.8. The molecular weight excluding hydrogens is 234 g/mol. The van der Waals surface area contributed by atoms with E-state index in [1.54, 1.807) is 16.8 Å². The van der Waals surface area contributed by atoms with Gasteiger partial charge in [-0.1, -0.05) is 0 Å². The Morgan fingerprint density at radius 2 is 1.89 bits per heavy atom. The number of nitrogens with zero attached hydrogens (tertiary/aromatic N) is 2. The highest BCUT2D eigenvalue weighted by Gasteiger charge is 2.23. The summed E-state index contributed by atoms with van der Waals surface area (Å²) < 4.78 is 0. The zero-order valence-corrected chi connectivity index (χ0v) is 11.2. The number of carbonyl (C=O) groups excluding carboxylic acids is 1. The van der Waals surface area contributed by atoms with E-state index in [-0.39, 0.29) is 12.5 Å². The third-order valence-electron chi connectivity index (χ3n) is 3.37. The van der Waals surface area contributed by atoms with E-state index in [1.165, 1.54) is 0 Å². The topological polar surface area (TPSA) is 72.9 Å². The molecule has 0 radical (unpaired) electrons. The van der Waals surface area contributed by atoms with Crippen molar-refractivity contribution in [3.05, 3.63) is 0 Å². The summed E-state index contributed by atoms with van der Waals surface area (Å²) in [5.41, 5.74) is 0. The number of carboxylic acid groups (broad SMARTS) is 1. The molecule has 6 heteroatoms. The van der Waals surface area contributed by atoms with Crippen molar-refractivity contribution in [2.24, 2.45) is 0 Å². The molecule has 1 aliphatic rings. The standard InChI is InChI=1S/C12H23N3O3/c1-14(9-3-4-11(16)17)12(18)15(2)10-5-7-13-8-6-10/h10,13H,3-9H2,1-2H3,(H,16,17). The van der Waals surface area contributed by atoms with Gasteiger partial charge in [-0.2, -0.15) is 0 Å². The summed E-state index contributed by atoms with van der Waals surface area (Å²) in [7, 11) is 3.55.